The minimum Gasteiger partial charge on any atom is -0.466 e. The van der Waals surface area contributed by atoms with Gasteiger partial charge in [-0.1, -0.05) is 6.42 Å². The highest BCUT2D eigenvalue weighted by Crippen LogP contribution is 2.30. The van der Waals surface area contributed by atoms with Gasteiger partial charge in [-0.05, 0) is 38.7 Å². The van der Waals surface area contributed by atoms with Crippen LogP contribution in [-0.4, -0.2) is 16.9 Å². The summed E-state index contributed by atoms with van der Waals surface area (Å²) in [4.78, 5) is 16.6. The number of nitrogens with one attached hydrogen (secondary N) is 1. The van der Waals surface area contributed by atoms with Crippen molar-refractivity contribution in [2.75, 3.05) is 5.32 Å². The second-order valence-electron chi connectivity index (χ2n) is 5.97. The highest BCUT2D eigenvalue weighted by atomic mass is 35.5. The first-order chi connectivity index (χ1) is 10.5. The molecule has 1 aliphatic carbocycles. The number of furan rings is 1. The number of nitrogens with zero attached hydrogens (tertiary/aromatic N) is 1. The molecule has 0 spiro atoms. The van der Waals surface area contributed by atoms with Crippen molar-refractivity contribution >= 4 is 34.8 Å². The first-order valence-corrected chi connectivity index (χ1v) is 8.49. The lowest BCUT2D eigenvalue weighted by Crippen LogP contribution is -2.28. The number of anilines is 1. The van der Waals surface area contributed by atoms with Gasteiger partial charge < -0.3 is 15.5 Å². The molecule has 1 aliphatic rings. The van der Waals surface area contributed by atoms with E-state index in [1.54, 1.807) is 0 Å². The van der Waals surface area contributed by atoms with Crippen LogP contribution in [0.15, 0.2) is 15.9 Å². The predicted octanol–water partition coefficient (Wildman–Crippen LogP) is 3.90. The van der Waals surface area contributed by atoms with Crippen molar-refractivity contribution in [3.05, 3.63) is 23.0 Å². The van der Waals surface area contributed by atoms with Crippen LogP contribution in [0.4, 0.5) is 5.13 Å². The van der Waals surface area contributed by atoms with Gasteiger partial charge in [-0.15, -0.1) is 23.7 Å². The van der Waals surface area contributed by atoms with Gasteiger partial charge >= 0.3 is 0 Å². The van der Waals surface area contributed by atoms with Gasteiger partial charge in [0.15, 0.2) is 5.13 Å². The number of hydrogen-bond donors (Lipinski definition) is 2. The summed E-state index contributed by atoms with van der Waals surface area (Å²) in [6.07, 6.45) is 3.68. The molecular weight excluding hydrogens is 334 g/mol. The normalized spacial score (nSPS) is 20.3. The first kappa shape index (κ1) is 18.0. The Morgan fingerprint density at radius 1 is 1.48 bits per heavy atom. The standard InChI is InChI=1S/C16H21N3O2S.ClH/c1-9-6-12(10(2)21-9)14-8-22-16(18-14)19-15(20)7-11-4-3-5-13(11)17;/h6,8,11,13H,3-5,7,17H2,1-2H3,(H,18,19,20);1H/t11-,13+;/m0./s1. The van der Waals surface area contributed by atoms with E-state index in [-0.39, 0.29) is 24.4 Å². The van der Waals surface area contributed by atoms with Crippen LogP contribution in [0, 0.1) is 19.8 Å². The molecule has 2 atom stereocenters. The Labute approximate surface area is 146 Å². The molecule has 0 aliphatic heterocycles. The van der Waals surface area contributed by atoms with Crippen LogP contribution in [-0.2, 0) is 4.79 Å². The molecule has 2 aromatic heterocycles. The SMILES string of the molecule is Cc1cc(-c2csc(NC(=O)C[C@@H]3CCC[C@H]3N)n2)c(C)o1.Cl. The molecule has 3 N–H and O–H groups in total. The van der Waals surface area contributed by atoms with Crippen molar-refractivity contribution in [1.29, 1.82) is 0 Å². The van der Waals surface area contributed by atoms with Crippen LogP contribution >= 0.6 is 23.7 Å². The van der Waals surface area contributed by atoms with Crippen molar-refractivity contribution in [2.24, 2.45) is 11.7 Å². The fraction of sp³-hybridized carbons (Fsp3) is 0.500. The van der Waals surface area contributed by atoms with Gasteiger partial charge in [0.2, 0.25) is 5.91 Å². The molecule has 0 saturated heterocycles. The third-order valence-electron chi connectivity index (χ3n) is 4.23. The van der Waals surface area contributed by atoms with E-state index >= 15 is 0 Å². The highest BCUT2D eigenvalue weighted by Gasteiger charge is 2.26. The van der Waals surface area contributed by atoms with Crippen LogP contribution in [0.3, 0.4) is 0 Å². The fourth-order valence-electron chi connectivity index (χ4n) is 3.07. The highest BCUT2D eigenvalue weighted by molar-refractivity contribution is 7.14. The quantitative estimate of drug-likeness (QED) is 0.871. The number of aromatic nitrogens is 1. The van der Waals surface area contributed by atoms with E-state index in [0.29, 0.717) is 17.5 Å². The predicted molar refractivity (Wildman–Crippen MR) is 95.1 cm³/mol. The van der Waals surface area contributed by atoms with Gasteiger partial charge in [0.05, 0.1) is 5.69 Å². The van der Waals surface area contributed by atoms with E-state index in [0.717, 1.165) is 42.0 Å². The molecule has 3 rings (SSSR count). The average Bonchev–Trinajstić information content (AvgIpc) is 3.13. The molecule has 1 amide bonds. The first-order valence-electron chi connectivity index (χ1n) is 7.61. The van der Waals surface area contributed by atoms with Crippen LogP contribution in [0.2, 0.25) is 0 Å². The molecule has 0 aromatic carbocycles. The van der Waals surface area contributed by atoms with Crippen molar-refractivity contribution < 1.29 is 9.21 Å². The molecule has 2 heterocycles. The molecule has 23 heavy (non-hydrogen) atoms. The van der Waals surface area contributed by atoms with E-state index in [4.69, 9.17) is 10.2 Å². The van der Waals surface area contributed by atoms with Crippen LogP contribution in [0.1, 0.15) is 37.2 Å². The zero-order valence-corrected chi connectivity index (χ0v) is 14.9. The van der Waals surface area contributed by atoms with E-state index in [9.17, 15) is 4.79 Å². The average molecular weight is 356 g/mol. The second kappa shape index (κ2) is 7.47. The number of aryl methyl sites for hydroxylation is 2. The van der Waals surface area contributed by atoms with Crippen LogP contribution in [0.5, 0.6) is 0 Å². The minimum absolute atomic E-state index is 0. The maximum atomic E-state index is 12.1. The zero-order chi connectivity index (χ0) is 15.7. The number of carbonyl (C=O) groups excluding carboxylic acids is 1. The number of nitrogens with two attached hydrogens (primary N) is 1. The number of thiazole rings is 1. The summed E-state index contributed by atoms with van der Waals surface area (Å²) < 4.78 is 5.52. The van der Waals surface area contributed by atoms with Crippen LogP contribution < -0.4 is 11.1 Å². The maximum absolute atomic E-state index is 12.1. The number of rotatable bonds is 4. The molecule has 0 unspecified atom stereocenters. The Morgan fingerprint density at radius 2 is 2.26 bits per heavy atom. The molecule has 1 fully saturated rings. The van der Waals surface area contributed by atoms with E-state index in [2.05, 4.69) is 10.3 Å². The molecule has 7 heteroatoms. The summed E-state index contributed by atoms with van der Waals surface area (Å²) in [6, 6.07) is 2.13. The van der Waals surface area contributed by atoms with Gasteiger partial charge in [-0.3, -0.25) is 4.79 Å². The number of hydrogen-bond acceptors (Lipinski definition) is 5. The second-order valence-corrected chi connectivity index (χ2v) is 6.83. The van der Waals surface area contributed by atoms with Crippen LogP contribution in [0.25, 0.3) is 11.3 Å². The lowest BCUT2D eigenvalue weighted by molar-refractivity contribution is -0.117. The summed E-state index contributed by atoms with van der Waals surface area (Å²) in [5, 5.41) is 5.46. The third kappa shape index (κ3) is 4.13. The Bertz CT molecular complexity index is 683. The van der Waals surface area contributed by atoms with Crippen molar-refractivity contribution in [3.63, 3.8) is 0 Å². The summed E-state index contributed by atoms with van der Waals surface area (Å²) >= 11 is 1.43. The summed E-state index contributed by atoms with van der Waals surface area (Å²) in [6.45, 7) is 3.83. The molecular formula is C16H22ClN3O2S. The number of carbonyl (C=O) groups is 1. The van der Waals surface area contributed by atoms with E-state index in [1.165, 1.54) is 11.3 Å². The Morgan fingerprint density at radius 3 is 2.87 bits per heavy atom. The lowest BCUT2D eigenvalue weighted by Gasteiger charge is -2.13. The van der Waals surface area contributed by atoms with E-state index < -0.39 is 0 Å². The van der Waals surface area contributed by atoms with Crippen molar-refractivity contribution in [3.8, 4) is 11.3 Å². The maximum Gasteiger partial charge on any atom is 0.226 e. The molecule has 2 aromatic rings. The molecule has 126 valence electrons. The minimum atomic E-state index is 0. The Kier molecular flexibility index (Phi) is 5.84. The zero-order valence-electron chi connectivity index (χ0n) is 13.3. The Balaban J connectivity index is 0.00000192. The number of halogens is 1. The van der Waals surface area contributed by atoms with Gasteiger partial charge in [0.25, 0.3) is 0 Å². The van der Waals surface area contributed by atoms with E-state index in [1.807, 2.05) is 25.3 Å². The Hall–Kier alpha value is -1.37. The summed E-state index contributed by atoms with van der Waals surface area (Å²) in [5.74, 6) is 2.01. The summed E-state index contributed by atoms with van der Waals surface area (Å²) in [5.41, 5.74) is 7.84. The number of amides is 1. The fourth-order valence-corrected chi connectivity index (χ4v) is 3.79. The van der Waals surface area contributed by atoms with Gasteiger partial charge in [-0.25, -0.2) is 4.98 Å². The van der Waals surface area contributed by atoms with Gasteiger partial charge in [0.1, 0.15) is 11.5 Å². The molecule has 0 radical (unpaired) electrons. The molecule has 0 bridgehead atoms. The lowest BCUT2D eigenvalue weighted by atomic mass is 10.00. The van der Waals surface area contributed by atoms with Crippen molar-refractivity contribution in [1.82, 2.24) is 4.98 Å². The largest absolute Gasteiger partial charge is 0.466 e. The topological polar surface area (TPSA) is 81.2 Å². The molecule has 5 nitrogen and oxygen atoms in total. The van der Waals surface area contributed by atoms with Gasteiger partial charge in [0, 0.05) is 23.4 Å². The van der Waals surface area contributed by atoms with Crippen molar-refractivity contribution in [2.45, 2.75) is 45.6 Å². The van der Waals surface area contributed by atoms with Gasteiger partial charge in [-0.2, -0.15) is 0 Å². The smallest absolute Gasteiger partial charge is 0.226 e. The summed E-state index contributed by atoms with van der Waals surface area (Å²) in [7, 11) is 0. The monoisotopic (exact) mass is 355 g/mol. The molecule has 1 saturated carbocycles. The third-order valence-corrected chi connectivity index (χ3v) is 4.99.